The molecule has 0 bridgehead atoms. The van der Waals surface area contributed by atoms with Crippen LogP contribution >= 0.6 is 0 Å². The summed E-state index contributed by atoms with van der Waals surface area (Å²) in [6.07, 6.45) is 4.78. The fourth-order valence-corrected chi connectivity index (χ4v) is 3.91. The summed E-state index contributed by atoms with van der Waals surface area (Å²) in [5, 5.41) is 22.3. The van der Waals surface area contributed by atoms with E-state index in [0.29, 0.717) is 12.1 Å². The van der Waals surface area contributed by atoms with Crippen molar-refractivity contribution in [3.8, 4) is 17.5 Å². The van der Waals surface area contributed by atoms with Gasteiger partial charge in [0.25, 0.3) is 0 Å². The van der Waals surface area contributed by atoms with E-state index in [0.717, 1.165) is 12.8 Å². The highest BCUT2D eigenvalue weighted by molar-refractivity contribution is 7.91. The van der Waals surface area contributed by atoms with Crippen LogP contribution in [-0.2, 0) is 23.4 Å². The molecule has 3 rings (SSSR count). The molecule has 0 unspecified atom stereocenters. The molecule has 1 fully saturated rings. The summed E-state index contributed by atoms with van der Waals surface area (Å²) in [6.45, 7) is 1.89. The Morgan fingerprint density at radius 2 is 2.16 bits per heavy atom. The zero-order valence-corrected chi connectivity index (χ0v) is 14.6. The van der Waals surface area contributed by atoms with E-state index in [1.165, 1.54) is 24.7 Å². The van der Waals surface area contributed by atoms with Crippen molar-refractivity contribution < 1.29 is 18.3 Å². The fraction of sp³-hybridized carbons (Fsp3) is 0.467. The van der Waals surface area contributed by atoms with Gasteiger partial charge in [-0.15, -0.1) is 0 Å². The lowest BCUT2D eigenvalue weighted by atomic mass is 10.1. The van der Waals surface area contributed by atoms with Crippen molar-refractivity contribution in [1.82, 2.24) is 19.3 Å². The number of aromatic nitrogens is 4. The minimum atomic E-state index is -3.76. The molecule has 2 heterocycles. The molecule has 1 aliphatic carbocycles. The summed E-state index contributed by atoms with van der Waals surface area (Å²) in [4.78, 5) is 15.4. The number of carbonyl (C=O) groups is 1. The first-order chi connectivity index (χ1) is 11.7. The molecule has 25 heavy (non-hydrogen) atoms. The molecule has 2 aromatic rings. The van der Waals surface area contributed by atoms with E-state index in [1.54, 1.807) is 10.9 Å². The van der Waals surface area contributed by atoms with Crippen molar-refractivity contribution >= 4 is 15.8 Å². The lowest BCUT2D eigenvalue weighted by Gasteiger charge is -2.06. The molecular weight excluding hydrogens is 346 g/mol. The Hall–Kier alpha value is -2.67. The summed E-state index contributed by atoms with van der Waals surface area (Å²) in [6, 6.07) is 2.28. The van der Waals surface area contributed by atoms with Gasteiger partial charge in [0, 0.05) is 13.2 Å². The largest absolute Gasteiger partial charge is 0.476 e. The summed E-state index contributed by atoms with van der Waals surface area (Å²) >= 11 is 0. The predicted octanol–water partition coefficient (Wildman–Crippen LogP) is 1.08. The monoisotopic (exact) mass is 363 g/mol. The minimum absolute atomic E-state index is 0.206. The van der Waals surface area contributed by atoms with Gasteiger partial charge in [-0.2, -0.15) is 10.4 Å². The van der Waals surface area contributed by atoms with Gasteiger partial charge in [-0.1, -0.05) is 6.92 Å². The van der Waals surface area contributed by atoms with Gasteiger partial charge in [0.2, 0.25) is 0 Å². The molecule has 2 aromatic heterocycles. The maximum atomic E-state index is 12.3. The van der Waals surface area contributed by atoms with Gasteiger partial charge < -0.3 is 9.67 Å². The summed E-state index contributed by atoms with van der Waals surface area (Å²) < 4.78 is 27.4. The third kappa shape index (κ3) is 2.91. The van der Waals surface area contributed by atoms with Crippen LogP contribution in [-0.4, -0.2) is 44.6 Å². The third-order valence-electron chi connectivity index (χ3n) is 4.37. The average Bonchev–Trinajstić information content (AvgIpc) is 3.02. The molecule has 1 saturated carbocycles. The molecule has 1 aliphatic rings. The van der Waals surface area contributed by atoms with Crippen molar-refractivity contribution in [1.29, 1.82) is 5.26 Å². The Morgan fingerprint density at radius 3 is 2.68 bits per heavy atom. The van der Waals surface area contributed by atoms with Crippen molar-refractivity contribution in [2.75, 3.05) is 5.75 Å². The molecule has 132 valence electrons. The van der Waals surface area contributed by atoms with Gasteiger partial charge in [0.05, 0.1) is 35.5 Å². The zero-order chi connectivity index (χ0) is 18.4. The first-order valence-corrected chi connectivity index (χ1v) is 9.35. The second kappa shape index (κ2) is 5.70. The highest BCUT2D eigenvalue weighted by Gasteiger charge is 2.43. The van der Waals surface area contributed by atoms with Crippen molar-refractivity contribution in [3.63, 3.8) is 0 Å². The van der Waals surface area contributed by atoms with E-state index in [9.17, 15) is 18.3 Å². The Kier molecular flexibility index (Phi) is 3.91. The molecule has 1 N–H and O–H groups in total. The van der Waals surface area contributed by atoms with Crippen LogP contribution < -0.4 is 0 Å². The predicted molar refractivity (Wildman–Crippen MR) is 86.4 cm³/mol. The van der Waals surface area contributed by atoms with Crippen molar-refractivity contribution in [2.45, 2.75) is 31.3 Å². The Bertz CT molecular complexity index is 992. The van der Waals surface area contributed by atoms with Crippen LogP contribution in [0.5, 0.6) is 0 Å². The Balaban J connectivity index is 2.04. The summed E-state index contributed by atoms with van der Waals surface area (Å²) in [7, 11) is -2.29. The number of carboxylic acids is 1. The van der Waals surface area contributed by atoms with Gasteiger partial charge in [-0.25, -0.2) is 18.2 Å². The molecule has 0 spiro atoms. The first kappa shape index (κ1) is 17.2. The lowest BCUT2D eigenvalue weighted by Crippen LogP contribution is -2.14. The SMILES string of the molecule is CCS(=O)(=O)c1c(C(=O)O)nc(-c2cnn(CC3(C#N)CC3)c2)n1C. The molecule has 0 aromatic carbocycles. The zero-order valence-electron chi connectivity index (χ0n) is 13.8. The number of sulfone groups is 1. The molecule has 0 aliphatic heterocycles. The first-order valence-electron chi connectivity index (χ1n) is 7.70. The number of nitrogens with zero attached hydrogens (tertiary/aromatic N) is 5. The molecule has 0 saturated heterocycles. The van der Waals surface area contributed by atoms with E-state index in [1.807, 2.05) is 0 Å². The second-order valence-corrected chi connectivity index (χ2v) is 8.37. The molecule has 0 atom stereocenters. The molecule has 10 heteroatoms. The van der Waals surface area contributed by atoms with Gasteiger partial charge in [-0.05, 0) is 12.8 Å². The molecule has 0 amide bonds. The van der Waals surface area contributed by atoms with E-state index >= 15 is 0 Å². The number of nitriles is 1. The number of hydrogen-bond acceptors (Lipinski definition) is 6. The van der Waals surface area contributed by atoms with Crippen LogP contribution in [0.15, 0.2) is 17.4 Å². The average molecular weight is 363 g/mol. The van der Waals surface area contributed by atoms with Crippen LogP contribution in [0.2, 0.25) is 0 Å². The van der Waals surface area contributed by atoms with Crippen LogP contribution in [0.4, 0.5) is 0 Å². The highest BCUT2D eigenvalue weighted by atomic mass is 32.2. The minimum Gasteiger partial charge on any atom is -0.476 e. The number of rotatable bonds is 6. The summed E-state index contributed by atoms with van der Waals surface area (Å²) in [5.74, 6) is -1.42. The van der Waals surface area contributed by atoms with Crippen molar-refractivity contribution in [3.05, 3.63) is 18.1 Å². The molecule has 0 radical (unpaired) electrons. The van der Waals surface area contributed by atoms with Gasteiger partial charge in [-0.3, -0.25) is 4.68 Å². The van der Waals surface area contributed by atoms with E-state index in [-0.39, 0.29) is 22.0 Å². The van der Waals surface area contributed by atoms with Gasteiger partial charge in [0.15, 0.2) is 20.6 Å². The standard InChI is InChI=1S/C15H17N5O4S/c1-3-25(23,24)13-11(14(21)22)18-12(19(13)2)10-6-17-20(7-10)9-15(8-16)4-5-15/h6-7H,3-5,9H2,1-2H3,(H,21,22). The lowest BCUT2D eigenvalue weighted by molar-refractivity contribution is 0.0686. The smallest absolute Gasteiger partial charge is 0.357 e. The maximum Gasteiger partial charge on any atom is 0.357 e. The quantitative estimate of drug-likeness (QED) is 0.812. The van der Waals surface area contributed by atoms with Crippen LogP contribution in [0.25, 0.3) is 11.4 Å². The van der Waals surface area contributed by atoms with E-state index in [2.05, 4.69) is 16.2 Å². The fourth-order valence-electron chi connectivity index (χ4n) is 2.71. The van der Waals surface area contributed by atoms with E-state index in [4.69, 9.17) is 5.26 Å². The van der Waals surface area contributed by atoms with Crippen LogP contribution in [0.3, 0.4) is 0 Å². The number of carboxylic acid groups (broad SMARTS) is 1. The number of hydrogen-bond donors (Lipinski definition) is 1. The maximum absolute atomic E-state index is 12.3. The summed E-state index contributed by atoms with van der Waals surface area (Å²) in [5.41, 5.74) is -0.382. The van der Waals surface area contributed by atoms with Gasteiger partial charge in [0.1, 0.15) is 5.82 Å². The van der Waals surface area contributed by atoms with Crippen LogP contribution in [0, 0.1) is 16.7 Å². The second-order valence-electron chi connectivity index (χ2n) is 6.18. The van der Waals surface area contributed by atoms with E-state index < -0.39 is 21.5 Å². The number of imidazole rings is 1. The Labute approximate surface area is 144 Å². The van der Waals surface area contributed by atoms with Crippen molar-refractivity contribution in [2.24, 2.45) is 12.5 Å². The molecule has 9 nitrogen and oxygen atoms in total. The van der Waals surface area contributed by atoms with Crippen LogP contribution in [0.1, 0.15) is 30.3 Å². The topological polar surface area (TPSA) is 131 Å². The highest BCUT2D eigenvalue weighted by Crippen LogP contribution is 2.46. The van der Waals surface area contributed by atoms with Gasteiger partial charge >= 0.3 is 5.97 Å². The third-order valence-corrected chi connectivity index (χ3v) is 6.18. The molecular formula is C15H17N5O4S. The number of aromatic carboxylic acids is 1. The normalized spacial score (nSPS) is 15.7. The Morgan fingerprint density at radius 1 is 1.48 bits per heavy atom.